The molecule has 0 aliphatic carbocycles. The fraction of sp³-hybridized carbons (Fsp3) is 0.286. The summed E-state index contributed by atoms with van der Waals surface area (Å²) in [5, 5.41) is 0. The number of benzene rings is 1. The minimum Gasteiger partial charge on any atom is -0.497 e. The van der Waals surface area contributed by atoms with Crippen molar-refractivity contribution >= 4 is 11.8 Å². The Kier molecular flexibility index (Phi) is 4.34. The van der Waals surface area contributed by atoms with Crippen LogP contribution in [0.3, 0.4) is 0 Å². The molecule has 1 aromatic rings. The van der Waals surface area contributed by atoms with Crippen molar-refractivity contribution in [1.29, 1.82) is 0 Å². The largest absolute Gasteiger partial charge is 0.497 e. The molecule has 0 saturated heterocycles. The molecule has 0 aromatic heterocycles. The third-order valence-corrected chi connectivity index (χ3v) is 3.02. The Morgan fingerprint density at radius 2 is 1.75 bits per heavy atom. The number of ether oxygens (including phenoxy) is 2. The van der Waals surface area contributed by atoms with Crippen LogP contribution in [-0.4, -0.2) is 36.9 Å². The molecule has 0 unspecified atom stereocenters. The number of nitrogens with zero attached hydrogens (tertiary/aromatic N) is 2. The number of hydrogen-bond donors (Lipinski definition) is 0. The predicted molar refractivity (Wildman–Crippen MR) is 73.1 cm³/mol. The second-order valence-electron chi connectivity index (χ2n) is 4.57. The minimum atomic E-state index is -5.83. The van der Waals surface area contributed by atoms with Crippen molar-refractivity contribution < 1.29 is 35.8 Å². The first-order chi connectivity index (χ1) is 11.0. The Hall–Kier alpha value is -2.52. The summed E-state index contributed by atoms with van der Waals surface area (Å²) in [7, 11) is 1.29. The lowest BCUT2D eigenvalue weighted by Crippen LogP contribution is -2.56. The highest BCUT2D eigenvalue weighted by Gasteiger charge is 2.73. The van der Waals surface area contributed by atoms with E-state index in [2.05, 4.69) is 16.6 Å². The highest BCUT2D eigenvalue weighted by atomic mass is 19.4. The highest BCUT2D eigenvalue weighted by Crippen LogP contribution is 2.48. The molecule has 0 N–H and O–H groups in total. The first kappa shape index (κ1) is 17.8. The van der Waals surface area contributed by atoms with Gasteiger partial charge in [0.2, 0.25) is 11.8 Å². The van der Waals surface area contributed by atoms with Gasteiger partial charge in [-0.05, 0) is 24.3 Å². The smallest absolute Gasteiger partial charge is 0.443 e. The molecule has 4 nitrogen and oxygen atoms in total. The number of alkyl halides is 6. The van der Waals surface area contributed by atoms with Gasteiger partial charge < -0.3 is 9.47 Å². The van der Waals surface area contributed by atoms with Crippen molar-refractivity contribution in [2.75, 3.05) is 7.11 Å². The van der Waals surface area contributed by atoms with E-state index < -0.39 is 29.8 Å². The van der Waals surface area contributed by atoms with Gasteiger partial charge in [0.05, 0.1) is 7.11 Å². The molecule has 0 amide bonds. The van der Waals surface area contributed by atoms with Crippen LogP contribution in [0.2, 0.25) is 0 Å². The van der Waals surface area contributed by atoms with E-state index in [0.717, 1.165) is 0 Å². The molecular formula is C14H10F6N2O2. The molecule has 1 aliphatic heterocycles. The quantitative estimate of drug-likeness (QED) is 0.775. The lowest BCUT2D eigenvalue weighted by Gasteiger charge is -2.33. The van der Waals surface area contributed by atoms with Gasteiger partial charge in [0.25, 0.3) is 0 Å². The Balaban J connectivity index is 2.69. The van der Waals surface area contributed by atoms with Crippen molar-refractivity contribution in [2.24, 2.45) is 9.98 Å². The van der Waals surface area contributed by atoms with E-state index in [0.29, 0.717) is 6.08 Å². The van der Waals surface area contributed by atoms with Gasteiger partial charge in [-0.25, -0.2) is 9.98 Å². The van der Waals surface area contributed by atoms with Gasteiger partial charge in [-0.3, -0.25) is 0 Å². The average Bonchev–Trinajstić information content (AvgIpc) is 2.52. The molecular weight excluding hydrogens is 342 g/mol. The molecule has 0 radical (unpaired) electrons. The summed E-state index contributed by atoms with van der Waals surface area (Å²) in [6.45, 7) is 3.11. The molecule has 0 spiro atoms. The first-order valence-electron chi connectivity index (χ1n) is 6.32. The zero-order valence-electron chi connectivity index (χ0n) is 12.1. The molecule has 1 aromatic carbocycles. The molecule has 1 heterocycles. The van der Waals surface area contributed by atoms with E-state index in [4.69, 9.17) is 9.47 Å². The fourth-order valence-electron chi connectivity index (χ4n) is 1.86. The summed E-state index contributed by atoms with van der Waals surface area (Å²) in [4.78, 5) is 5.35. The van der Waals surface area contributed by atoms with Crippen molar-refractivity contribution in [1.82, 2.24) is 0 Å². The number of methoxy groups -OCH3 is 1. The fourth-order valence-corrected chi connectivity index (χ4v) is 1.86. The van der Waals surface area contributed by atoms with Gasteiger partial charge in [-0.2, -0.15) is 26.3 Å². The summed E-state index contributed by atoms with van der Waals surface area (Å²) >= 11 is 0. The molecule has 0 fully saturated rings. The van der Waals surface area contributed by atoms with Crippen LogP contribution >= 0.6 is 0 Å². The maximum atomic E-state index is 13.2. The average molecular weight is 352 g/mol. The van der Waals surface area contributed by atoms with Crippen LogP contribution in [0.15, 0.2) is 46.9 Å². The molecule has 0 saturated carbocycles. The van der Waals surface area contributed by atoms with Gasteiger partial charge in [0, 0.05) is 5.56 Å². The molecule has 0 bridgehead atoms. The zero-order valence-corrected chi connectivity index (χ0v) is 12.1. The van der Waals surface area contributed by atoms with E-state index in [9.17, 15) is 26.3 Å². The van der Waals surface area contributed by atoms with Crippen molar-refractivity contribution in [2.45, 2.75) is 18.0 Å². The summed E-state index contributed by atoms with van der Waals surface area (Å²) in [6.07, 6.45) is -11.0. The van der Waals surface area contributed by atoms with Crippen LogP contribution < -0.4 is 4.74 Å². The number of rotatable bonds is 3. The van der Waals surface area contributed by atoms with Crippen LogP contribution in [0.5, 0.6) is 5.75 Å². The predicted octanol–water partition coefficient (Wildman–Crippen LogP) is 3.88. The second kappa shape index (κ2) is 5.84. The van der Waals surface area contributed by atoms with Gasteiger partial charge in [0.15, 0.2) is 0 Å². The van der Waals surface area contributed by atoms with Crippen LogP contribution in [-0.2, 0) is 4.74 Å². The van der Waals surface area contributed by atoms with Gasteiger partial charge in [-0.1, -0.05) is 12.6 Å². The SMILES string of the molecule is C=CC1=NC(C(F)(F)F)(C(F)(F)F)N=C(c2cccc(OC)c2)O1. The van der Waals surface area contributed by atoms with E-state index in [1.807, 2.05) is 0 Å². The number of halogens is 6. The molecule has 24 heavy (non-hydrogen) atoms. The molecule has 2 rings (SSSR count). The summed E-state index contributed by atoms with van der Waals surface area (Å²) < 4.78 is 88.9. The molecule has 1 aliphatic rings. The van der Waals surface area contributed by atoms with E-state index in [-0.39, 0.29) is 11.3 Å². The Morgan fingerprint density at radius 3 is 2.25 bits per heavy atom. The molecule has 130 valence electrons. The number of hydrogen-bond acceptors (Lipinski definition) is 4. The topological polar surface area (TPSA) is 43.2 Å². The van der Waals surface area contributed by atoms with Crippen molar-refractivity contribution in [3.8, 4) is 5.75 Å². The van der Waals surface area contributed by atoms with Gasteiger partial charge in [0.1, 0.15) is 5.75 Å². The van der Waals surface area contributed by atoms with Crippen LogP contribution in [0.4, 0.5) is 26.3 Å². The third-order valence-electron chi connectivity index (χ3n) is 3.02. The van der Waals surface area contributed by atoms with Crippen LogP contribution in [0.1, 0.15) is 5.56 Å². The van der Waals surface area contributed by atoms with Crippen molar-refractivity contribution in [3.63, 3.8) is 0 Å². The second-order valence-corrected chi connectivity index (χ2v) is 4.57. The standard InChI is InChI=1S/C14H10F6N2O2/c1-3-10-21-12(13(15,16)17,14(18,19)20)22-11(24-10)8-5-4-6-9(7-8)23-2/h3-7H,1H2,2H3. The van der Waals surface area contributed by atoms with E-state index in [1.165, 1.54) is 31.4 Å². The van der Waals surface area contributed by atoms with Crippen LogP contribution in [0.25, 0.3) is 0 Å². The Bertz CT molecular complexity index is 692. The van der Waals surface area contributed by atoms with Gasteiger partial charge in [-0.15, -0.1) is 0 Å². The highest BCUT2D eigenvalue weighted by molar-refractivity contribution is 6.06. The first-order valence-corrected chi connectivity index (χ1v) is 6.32. The Morgan fingerprint density at radius 1 is 1.12 bits per heavy atom. The van der Waals surface area contributed by atoms with Gasteiger partial charge >= 0.3 is 18.0 Å². The summed E-state index contributed by atoms with van der Waals surface area (Å²) in [6, 6.07) is 5.23. The molecule has 0 atom stereocenters. The van der Waals surface area contributed by atoms with E-state index >= 15 is 0 Å². The summed E-state index contributed by atoms with van der Waals surface area (Å²) in [5.41, 5.74) is -4.80. The lowest BCUT2D eigenvalue weighted by molar-refractivity contribution is -0.293. The van der Waals surface area contributed by atoms with Crippen LogP contribution in [0, 0.1) is 0 Å². The van der Waals surface area contributed by atoms with E-state index in [1.54, 1.807) is 0 Å². The maximum absolute atomic E-state index is 13.2. The number of aliphatic imine (C=N–C) groups is 2. The summed E-state index contributed by atoms with van der Waals surface area (Å²) in [5.74, 6) is -1.64. The third kappa shape index (κ3) is 2.95. The minimum absolute atomic E-state index is 0.138. The Labute approximate surface area is 132 Å². The van der Waals surface area contributed by atoms with Crippen molar-refractivity contribution in [3.05, 3.63) is 42.5 Å². The maximum Gasteiger partial charge on any atom is 0.443 e. The normalized spacial score (nSPS) is 17.5. The zero-order chi connectivity index (χ0) is 18.2. The molecule has 10 heteroatoms. The monoisotopic (exact) mass is 352 g/mol. The lowest BCUT2D eigenvalue weighted by atomic mass is 10.1.